The Morgan fingerprint density at radius 3 is 2.65 bits per heavy atom. The summed E-state index contributed by atoms with van der Waals surface area (Å²) in [4.78, 5) is 16.4. The number of rotatable bonds is 7. The summed E-state index contributed by atoms with van der Waals surface area (Å²) < 4.78 is 13.5. The zero-order valence-corrected chi connectivity index (χ0v) is 21.6. The van der Waals surface area contributed by atoms with Crippen LogP contribution >= 0.6 is 0 Å². The molecule has 2 bridgehead atoms. The molecule has 1 amide bonds. The number of carbonyl (C=O) groups is 1. The Hall–Kier alpha value is -2.05. The molecular formula is C28H41N3O3. The van der Waals surface area contributed by atoms with Crippen molar-refractivity contribution in [3.63, 3.8) is 0 Å². The van der Waals surface area contributed by atoms with Crippen LogP contribution in [-0.2, 0) is 11.3 Å². The highest BCUT2D eigenvalue weighted by Crippen LogP contribution is 2.62. The Labute approximate surface area is 204 Å². The molecule has 2 saturated carbocycles. The van der Waals surface area contributed by atoms with E-state index in [2.05, 4.69) is 48.5 Å². The average molecular weight is 468 g/mol. The Morgan fingerprint density at radius 1 is 1.21 bits per heavy atom. The van der Waals surface area contributed by atoms with Gasteiger partial charge >= 0.3 is 0 Å². The quantitative estimate of drug-likeness (QED) is 0.645. The maximum Gasteiger partial charge on any atom is 0.253 e. The minimum absolute atomic E-state index is 0.0644. The molecule has 1 aromatic heterocycles. The normalized spacial score (nSPS) is 28.5. The summed E-state index contributed by atoms with van der Waals surface area (Å²) in [6.07, 6.45) is 4.75. The zero-order valence-electron chi connectivity index (χ0n) is 21.6. The number of amides is 1. The van der Waals surface area contributed by atoms with Gasteiger partial charge in [-0.25, -0.2) is 0 Å². The molecule has 1 saturated heterocycles. The fraction of sp³-hybridized carbons (Fsp3) is 0.679. The highest BCUT2D eigenvalue weighted by Gasteiger charge is 2.59. The number of para-hydroxylation sites is 1. The summed E-state index contributed by atoms with van der Waals surface area (Å²) in [5, 5.41) is 4.53. The van der Waals surface area contributed by atoms with Crippen LogP contribution in [-0.4, -0.2) is 61.4 Å². The number of ether oxygens (including phenoxy) is 2. The van der Waals surface area contributed by atoms with Crippen LogP contribution in [0.1, 0.15) is 62.5 Å². The van der Waals surface area contributed by atoms with E-state index in [1.54, 1.807) is 7.11 Å². The second-order valence-corrected chi connectivity index (χ2v) is 11.6. The molecule has 5 rings (SSSR count). The first-order valence-corrected chi connectivity index (χ1v) is 13.0. The van der Waals surface area contributed by atoms with Gasteiger partial charge in [0.05, 0.1) is 31.4 Å². The third-order valence-corrected chi connectivity index (χ3v) is 9.26. The van der Waals surface area contributed by atoms with Crippen molar-refractivity contribution in [2.75, 3.05) is 40.0 Å². The first-order valence-electron chi connectivity index (χ1n) is 13.0. The van der Waals surface area contributed by atoms with Crippen LogP contribution in [0.2, 0.25) is 0 Å². The second kappa shape index (κ2) is 8.87. The Balaban J connectivity index is 1.44. The van der Waals surface area contributed by atoms with E-state index in [1.807, 2.05) is 12.1 Å². The van der Waals surface area contributed by atoms with E-state index < -0.39 is 0 Å². The number of nitrogens with zero attached hydrogens (tertiary/aromatic N) is 2. The van der Waals surface area contributed by atoms with Crippen molar-refractivity contribution in [3.05, 3.63) is 29.5 Å². The summed E-state index contributed by atoms with van der Waals surface area (Å²) in [5.74, 6) is 1.60. The number of morpholine rings is 1. The van der Waals surface area contributed by atoms with Gasteiger partial charge in [-0.3, -0.25) is 9.69 Å². The molecule has 6 nitrogen and oxygen atoms in total. The number of benzene rings is 1. The lowest BCUT2D eigenvalue weighted by Crippen LogP contribution is -2.52. The molecule has 3 atom stereocenters. The smallest absolute Gasteiger partial charge is 0.253 e. The number of hydrogen-bond acceptors (Lipinski definition) is 4. The van der Waals surface area contributed by atoms with Crippen molar-refractivity contribution >= 4 is 16.8 Å². The molecule has 34 heavy (non-hydrogen) atoms. The Kier molecular flexibility index (Phi) is 6.18. The molecule has 1 N–H and O–H groups in total. The van der Waals surface area contributed by atoms with Gasteiger partial charge in [0.25, 0.3) is 5.91 Å². The van der Waals surface area contributed by atoms with Gasteiger partial charge in [0.1, 0.15) is 5.75 Å². The molecule has 3 aliphatic rings. The van der Waals surface area contributed by atoms with E-state index in [9.17, 15) is 4.79 Å². The molecular weight excluding hydrogens is 426 g/mol. The van der Waals surface area contributed by atoms with Crippen LogP contribution in [0.5, 0.6) is 5.75 Å². The fourth-order valence-corrected chi connectivity index (χ4v) is 7.37. The predicted octanol–water partition coefficient (Wildman–Crippen LogP) is 4.63. The molecule has 186 valence electrons. The highest BCUT2D eigenvalue weighted by atomic mass is 16.5. The van der Waals surface area contributed by atoms with Gasteiger partial charge in [-0.05, 0) is 55.4 Å². The molecule has 0 radical (unpaired) electrons. The number of aryl methyl sites for hydroxylation is 1. The second-order valence-electron chi connectivity index (χ2n) is 11.6. The molecule has 2 heterocycles. The van der Waals surface area contributed by atoms with Crippen LogP contribution in [0, 0.1) is 23.7 Å². The Bertz CT molecular complexity index is 1060. The van der Waals surface area contributed by atoms with Gasteiger partial charge in [0, 0.05) is 43.3 Å². The summed E-state index contributed by atoms with van der Waals surface area (Å²) in [7, 11) is 1.72. The first-order chi connectivity index (χ1) is 16.3. The summed E-state index contributed by atoms with van der Waals surface area (Å²) in [6, 6.07) is 6.28. The highest BCUT2D eigenvalue weighted by molar-refractivity contribution is 6.09. The molecule has 0 spiro atoms. The van der Waals surface area contributed by atoms with Crippen LogP contribution in [0.25, 0.3) is 10.9 Å². The molecule has 3 fully saturated rings. The van der Waals surface area contributed by atoms with Gasteiger partial charge in [-0.15, -0.1) is 0 Å². The molecule has 2 aliphatic carbocycles. The summed E-state index contributed by atoms with van der Waals surface area (Å²) in [5.41, 5.74) is 3.21. The van der Waals surface area contributed by atoms with Crippen molar-refractivity contribution in [2.24, 2.45) is 16.7 Å². The van der Waals surface area contributed by atoms with E-state index in [-0.39, 0.29) is 22.8 Å². The summed E-state index contributed by atoms with van der Waals surface area (Å²) >= 11 is 0. The van der Waals surface area contributed by atoms with Crippen LogP contribution < -0.4 is 10.1 Å². The van der Waals surface area contributed by atoms with Crippen molar-refractivity contribution in [1.82, 2.24) is 14.8 Å². The SMILES string of the molecule is COc1cccc2c(C(=O)N[C@@H]3C(C)(C)C4CC[C@@]3(C)C4)c(C)n(CCCN3CCOCC3)c12. The van der Waals surface area contributed by atoms with Gasteiger partial charge in [0.15, 0.2) is 0 Å². The number of nitrogens with one attached hydrogen (secondary N) is 1. The molecule has 1 unspecified atom stereocenters. The predicted molar refractivity (Wildman–Crippen MR) is 136 cm³/mol. The summed E-state index contributed by atoms with van der Waals surface area (Å²) in [6.45, 7) is 14.7. The van der Waals surface area contributed by atoms with Crippen LogP contribution in [0.3, 0.4) is 0 Å². The fourth-order valence-electron chi connectivity index (χ4n) is 7.37. The van der Waals surface area contributed by atoms with Crippen molar-refractivity contribution < 1.29 is 14.3 Å². The standard InChI is InChI=1S/C28H41N3O3/c1-19-23(25(32)29-26-27(2,3)20-10-11-28(26,4)18-20)21-8-6-9-22(33-5)24(21)31(19)13-7-12-30-14-16-34-17-15-30/h6,8-9,20,26H,7,10-18H2,1-5H3,(H,29,32)/t20?,26-,28+/m1/s1. The van der Waals surface area contributed by atoms with E-state index >= 15 is 0 Å². The number of carbonyl (C=O) groups excluding carboxylic acids is 1. The Morgan fingerprint density at radius 2 is 1.97 bits per heavy atom. The molecule has 2 aromatic rings. The monoisotopic (exact) mass is 467 g/mol. The van der Waals surface area contributed by atoms with Crippen molar-refractivity contribution in [3.8, 4) is 5.75 Å². The molecule has 1 aliphatic heterocycles. The number of hydrogen-bond donors (Lipinski definition) is 1. The van der Waals surface area contributed by atoms with Gasteiger partial charge in [-0.2, -0.15) is 0 Å². The van der Waals surface area contributed by atoms with Crippen LogP contribution in [0.15, 0.2) is 18.2 Å². The zero-order chi connectivity index (χ0) is 24.1. The number of fused-ring (bicyclic) bond motifs is 3. The molecule has 1 aromatic carbocycles. The van der Waals surface area contributed by atoms with Crippen molar-refractivity contribution in [1.29, 1.82) is 0 Å². The minimum Gasteiger partial charge on any atom is -0.495 e. The van der Waals surface area contributed by atoms with Crippen LogP contribution in [0.4, 0.5) is 0 Å². The maximum atomic E-state index is 13.9. The minimum atomic E-state index is 0.0644. The lowest BCUT2D eigenvalue weighted by molar-refractivity contribution is 0.0369. The maximum absolute atomic E-state index is 13.9. The first kappa shape index (κ1) is 23.7. The third-order valence-electron chi connectivity index (χ3n) is 9.26. The number of methoxy groups -OCH3 is 1. The van der Waals surface area contributed by atoms with E-state index in [0.717, 1.165) is 73.7 Å². The van der Waals surface area contributed by atoms with Gasteiger partial charge < -0.3 is 19.4 Å². The van der Waals surface area contributed by atoms with E-state index in [1.165, 1.54) is 19.3 Å². The van der Waals surface area contributed by atoms with E-state index in [4.69, 9.17) is 9.47 Å². The number of aromatic nitrogens is 1. The van der Waals surface area contributed by atoms with Gasteiger partial charge in [0.2, 0.25) is 0 Å². The van der Waals surface area contributed by atoms with Crippen molar-refractivity contribution in [2.45, 2.75) is 66.0 Å². The largest absolute Gasteiger partial charge is 0.495 e. The topological polar surface area (TPSA) is 55.7 Å². The van der Waals surface area contributed by atoms with E-state index in [0.29, 0.717) is 5.92 Å². The lowest BCUT2D eigenvalue weighted by Gasteiger charge is -2.43. The third kappa shape index (κ3) is 3.83. The average Bonchev–Trinajstić information content (AvgIpc) is 3.41. The lowest BCUT2D eigenvalue weighted by atomic mass is 9.68. The van der Waals surface area contributed by atoms with Gasteiger partial charge in [-0.1, -0.05) is 32.9 Å². The molecule has 6 heteroatoms.